The number of methoxy groups -OCH3 is 1. The Balaban J connectivity index is 2.43. The second kappa shape index (κ2) is 5.72. The van der Waals surface area contributed by atoms with Gasteiger partial charge in [-0.2, -0.15) is 0 Å². The Morgan fingerprint density at radius 3 is 1.94 bits per heavy atom. The summed E-state index contributed by atoms with van der Waals surface area (Å²) in [6.07, 6.45) is 6.58. The largest absolute Gasteiger partial charge is 0.370 e. The van der Waals surface area contributed by atoms with E-state index >= 15 is 0 Å². The van der Waals surface area contributed by atoms with Crippen LogP contribution in [-0.2, 0) is 10.3 Å². The van der Waals surface area contributed by atoms with E-state index in [1.807, 2.05) is 6.92 Å². The van der Waals surface area contributed by atoms with E-state index in [4.69, 9.17) is 27.9 Å². The van der Waals surface area contributed by atoms with E-state index in [9.17, 15) is 0 Å². The molecule has 1 aliphatic rings. The van der Waals surface area contributed by atoms with Crippen LogP contribution in [0.15, 0.2) is 0 Å². The summed E-state index contributed by atoms with van der Waals surface area (Å²) >= 11 is 12.2. The molecule has 0 radical (unpaired) electrons. The second-order valence-electron chi connectivity index (χ2n) is 4.87. The maximum Gasteiger partial charge on any atom is 0.163 e. The van der Waals surface area contributed by atoms with Gasteiger partial charge in [0.25, 0.3) is 0 Å². The second-order valence-corrected chi connectivity index (χ2v) is 5.58. The molecule has 1 aromatic heterocycles. The van der Waals surface area contributed by atoms with Crippen molar-refractivity contribution in [2.45, 2.75) is 51.0 Å². The maximum atomic E-state index is 6.11. The molecule has 0 atom stereocenters. The van der Waals surface area contributed by atoms with Gasteiger partial charge in [0.15, 0.2) is 5.82 Å². The molecule has 0 aliphatic heterocycles. The van der Waals surface area contributed by atoms with Crippen molar-refractivity contribution >= 4 is 23.2 Å². The molecule has 0 unspecified atom stereocenters. The van der Waals surface area contributed by atoms with Gasteiger partial charge < -0.3 is 4.74 Å². The van der Waals surface area contributed by atoms with E-state index in [0.717, 1.165) is 31.2 Å². The molecule has 1 heterocycles. The zero-order valence-corrected chi connectivity index (χ0v) is 12.3. The van der Waals surface area contributed by atoms with Crippen LogP contribution in [0.2, 0.25) is 10.3 Å². The highest BCUT2D eigenvalue weighted by molar-refractivity contribution is 6.34. The van der Waals surface area contributed by atoms with E-state index < -0.39 is 5.60 Å². The van der Waals surface area contributed by atoms with Gasteiger partial charge in [-0.1, -0.05) is 48.9 Å². The van der Waals surface area contributed by atoms with Gasteiger partial charge in [0, 0.05) is 12.7 Å². The zero-order valence-electron chi connectivity index (χ0n) is 10.8. The number of rotatable bonds is 2. The Labute approximate surface area is 118 Å². The topological polar surface area (TPSA) is 35.0 Å². The molecule has 5 heteroatoms. The minimum Gasteiger partial charge on any atom is -0.370 e. The molecule has 2 rings (SSSR count). The summed E-state index contributed by atoms with van der Waals surface area (Å²) in [6, 6.07) is 0. The fourth-order valence-corrected chi connectivity index (χ4v) is 2.87. The van der Waals surface area contributed by atoms with Crippen molar-refractivity contribution in [2.75, 3.05) is 7.11 Å². The predicted molar refractivity (Wildman–Crippen MR) is 73.2 cm³/mol. The van der Waals surface area contributed by atoms with Crippen LogP contribution in [0.25, 0.3) is 0 Å². The Hall–Kier alpha value is -0.380. The van der Waals surface area contributed by atoms with Crippen molar-refractivity contribution in [2.24, 2.45) is 0 Å². The standard InChI is InChI=1S/C13H18Cl2N2O/c1-9-10(14)16-12(17-11(9)15)13(18-2)7-5-3-4-6-8-13/h3-8H2,1-2H3. The van der Waals surface area contributed by atoms with Gasteiger partial charge in [0.2, 0.25) is 0 Å². The first kappa shape index (κ1) is 14.0. The minimum absolute atomic E-state index is 0.419. The number of hydrogen-bond donors (Lipinski definition) is 0. The highest BCUT2D eigenvalue weighted by Crippen LogP contribution is 2.38. The first-order chi connectivity index (χ1) is 8.59. The fourth-order valence-electron chi connectivity index (χ4n) is 2.49. The third-order valence-corrected chi connectivity index (χ3v) is 4.47. The lowest BCUT2D eigenvalue weighted by atomic mass is 9.93. The van der Waals surface area contributed by atoms with E-state index in [1.54, 1.807) is 7.11 Å². The van der Waals surface area contributed by atoms with Gasteiger partial charge in [-0.05, 0) is 19.8 Å². The number of halogens is 2. The summed E-state index contributed by atoms with van der Waals surface area (Å²) in [7, 11) is 1.72. The highest BCUT2D eigenvalue weighted by Gasteiger charge is 2.36. The monoisotopic (exact) mass is 288 g/mol. The van der Waals surface area contributed by atoms with Crippen LogP contribution < -0.4 is 0 Å². The van der Waals surface area contributed by atoms with Crippen molar-refractivity contribution in [3.63, 3.8) is 0 Å². The van der Waals surface area contributed by atoms with Crippen molar-refractivity contribution in [3.8, 4) is 0 Å². The summed E-state index contributed by atoms with van der Waals surface area (Å²) in [5.74, 6) is 0.632. The first-order valence-corrected chi connectivity index (χ1v) is 7.10. The molecule has 1 fully saturated rings. The lowest BCUT2D eigenvalue weighted by Crippen LogP contribution is -2.30. The summed E-state index contributed by atoms with van der Waals surface area (Å²) in [4.78, 5) is 8.77. The molecule has 1 aliphatic carbocycles. The summed E-state index contributed by atoms with van der Waals surface area (Å²) in [6.45, 7) is 1.82. The van der Waals surface area contributed by atoms with E-state index in [2.05, 4.69) is 9.97 Å². The zero-order chi connectivity index (χ0) is 13.2. The van der Waals surface area contributed by atoms with Gasteiger partial charge in [0.1, 0.15) is 15.9 Å². The quantitative estimate of drug-likeness (QED) is 0.602. The number of hydrogen-bond acceptors (Lipinski definition) is 3. The number of aromatic nitrogens is 2. The molecule has 3 nitrogen and oxygen atoms in total. The third kappa shape index (κ3) is 2.63. The molecular formula is C13H18Cl2N2O. The van der Waals surface area contributed by atoms with Gasteiger partial charge in [0.05, 0.1) is 0 Å². The van der Waals surface area contributed by atoms with Crippen LogP contribution in [0.3, 0.4) is 0 Å². The SMILES string of the molecule is COC1(c2nc(Cl)c(C)c(Cl)n2)CCCCCC1. The molecule has 0 saturated heterocycles. The lowest BCUT2D eigenvalue weighted by Gasteiger charge is -2.30. The van der Waals surface area contributed by atoms with Crippen molar-refractivity contribution < 1.29 is 4.74 Å². The third-order valence-electron chi connectivity index (χ3n) is 3.74. The molecule has 100 valence electrons. The van der Waals surface area contributed by atoms with Crippen molar-refractivity contribution in [3.05, 3.63) is 21.7 Å². The van der Waals surface area contributed by atoms with Crippen LogP contribution >= 0.6 is 23.2 Å². The molecule has 1 saturated carbocycles. The Kier molecular flexibility index (Phi) is 4.46. The first-order valence-electron chi connectivity index (χ1n) is 6.34. The van der Waals surface area contributed by atoms with Crippen molar-refractivity contribution in [1.29, 1.82) is 0 Å². The average Bonchev–Trinajstić information content (AvgIpc) is 2.61. The lowest BCUT2D eigenvalue weighted by molar-refractivity contribution is -0.0351. The van der Waals surface area contributed by atoms with E-state index in [0.29, 0.717) is 16.1 Å². The molecule has 1 aromatic rings. The highest BCUT2D eigenvalue weighted by atomic mass is 35.5. The van der Waals surface area contributed by atoms with Crippen LogP contribution in [0.1, 0.15) is 49.9 Å². The summed E-state index contributed by atoms with van der Waals surface area (Å²) in [5.41, 5.74) is 0.305. The molecular weight excluding hydrogens is 271 g/mol. The molecule has 0 amide bonds. The Morgan fingerprint density at radius 1 is 1.00 bits per heavy atom. The Morgan fingerprint density at radius 2 is 1.50 bits per heavy atom. The van der Waals surface area contributed by atoms with Gasteiger partial charge in [-0.15, -0.1) is 0 Å². The maximum absolute atomic E-state index is 6.11. The molecule has 0 N–H and O–H groups in total. The Bertz CT molecular complexity index is 406. The fraction of sp³-hybridized carbons (Fsp3) is 0.692. The molecule has 18 heavy (non-hydrogen) atoms. The molecule has 0 aromatic carbocycles. The average molecular weight is 289 g/mol. The number of nitrogens with zero attached hydrogens (tertiary/aromatic N) is 2. The molecule has 0 bridgehead atoms. The van der Waals surface area contributed by atoms with Crippen molar-refractivity contribution in [1.82, 2.24) is 9.97 Å². The number of ether oxygens (including phenoxy) is 1. The minimum atomic E-state index is -0.419. The van der Waals surface area contributed by atoms with Crippen LogP contribution in [0.5, 0.6) is 0 Å². The molecule has 0 spiro atoms. The van der Waals surface area contributed by atoms with Crippen LogP contribution in [-0.4, -0.2) is 17.1 Å². The smallest absolute Gasteiger partial charge is 0.163 e. The van der Waals surface area contributed by atoms with Gasteiger partial charge in [-0.25, -0.2) is 9.97 Å². The summed E-state index contributed by atoms with van der Waals surface area (Å²) < 4.78 is 5.75. The van der Waals surface area contributed by atoms with Crippen LogP contribution in [0.4, 0.5) is 0 Å². The van der Waals surface area contributed by atoms with Crippen LogP contribution in [0, 0.1) is 6.92 Å². The predicted octanol–water partition coefficient (Wildman–Crippen LogP) is 4.29. The van der Waals surface area contributed by atoms with E-state index in [-0.39, 0.29) is 0 Å². The summed E-state index contributed by atoms with van der Waals surface area (Å²) in [5, 5.41) is 0.844. The van der Waals surface area contributed by atoms with Gasteiger partial charge in [-0.3, -0.25) is 0 Å². The normalized spacial score (nSPS) is 19.6. The van der Waals surface area contributed by atoms with Gasteiger partial charge >= 0.3 is 0 Å². The van der Waals surface area contributed by atoms with E-state index in [1.165, 1.54) is 12.8 Å².